The van der Waals surface area contributed by atoms with Crippen molar-refractivity contribution >= 4 is 21.6 Å². The van der Waals surface area contributed by atoms with E-state index in [-0.39, 0.29) is 0 Å². The van der Waals surface area contributed by atoms with Crippen molar-refractivity contribution in [2.24, 2.45) is 5.92 Å². The Labute approximate surface area is 123 Å². The van der Waals surface area contributed by atoms with Crippen LogP contribution in [0.25, 0.3) is 0 Å². The average Bonchev–Trinajstić information content (AvgIpc) is 2.39. The van der Waals surface area contributed by atoms with Crippen molar-refractivity contribution in [3.05, 3.63) is 28.2 Å². The van der Waals surface area contributed by atoms with E-state index in [2.05, 4.69) is 33.0 Å². The summed E-state index contributed by atoms with van der Waals surface area (Å²) < 4.78 is 6.21. The summed E-state index contributed by atoms with van der Waals surface area (Å²) in [5.74, 6) is 0.696. The van der Waals surface area contributed by atoms with E-state index in [0.717, 1.165) is 29.7 Å². The predicted octanol–water partition coefficient (Wildman–Crippen LogP) is 3.37. The van der Waals surface area contributed by atoms with Crippen LogP contribution in [-0.4, -0.2) is 31.9 Å². The predicted molar refractivity (Wildman–Crippen MR) is 81.6 cm³/mol. The van der Waals surface area contributed by atoms with Crippen LogP contribution in [0.15, 0.2) is 22.7 Å². The van der Waals surface area contributed by atoms with Crippen LogP contribution in [0.2, 0.25) is 0 Å². The minimum Gasteiger partial charge on any atom is -0.389 e. The lowest BCUT2D eigenvalue weighted by molar-refractivity contribution is 0.139. The Balaban J connectivity index is 2.02. The summed E-state index contributed by atoms with van der Waals surface area (Å²) >= 11 is 3.54. The molecule has 106 valence electrons. The van der Waals surface area contributed by atoms with Crippen molar-refractivity contribution < 1.29 is 9.84 Å². The van der Waals surface area contributed by atoms with Crippen molar-refractivity contribution in [2.45, 2.75) is 25.9 Å². The van der Waals surface area contributed by atoms with Crippen LogP contribution in [0.4, 0.5) is 5.69 Å². The van der Waals surface area contributed by atoms with Gasteiger partial charge in [-0.3, -0.25) is 0 Å². The maximum atomic E-state index is 9.64. The number of benzene rings is 1. The van der Waals surface area contributed by atoms with E-state index in [1.807, 2.05) is 6.07 Å². The van der Waals surface area contributed by atoms with E-state index in [0.29, 0.717) is 5.92 Å². The molecule has 3 nitrogen and oxygen atoms in total. The molecule has 1 atom stereocenters. The van der Waals surface area contributed by atoms with Crippen LogP contribution >= 0.6 is 15.9 Å². The van der Waals surface area contributed by atoms with Crippen molar-refractivity contribution in [3.63, 3.8) is 0 Å². The quantitative estimate of drug-likeness (QED) is 0.920. The largest absolute Gasteiger partial charge is 0.389 e. The van der Waals surface area contributed by atoms with E-state index in [1.54, 1.807) is 14.0 Å². The Hall–Kier alpha value is -0.580. The molecule has 0 amide bonds. The first kappa shape index (κ1) is 14.8. The zero-order chi connectivity index (χ0) is 13.8. The fourth-order valence-electron chi connectivity index (χ4n) is 2.65. The minimum absolute atomic E-state index is 0.434. The van der Waals surface area contributed by atoms with E-state index in [9.17, 15) is 5.11 Å². The molecule has 0 bridgehead atoms. The van der Waals surface area contributed by atoms with Crippen molar-refractivity contribution in [1.29, 1.82) is 0 Å². The Morgan fingerprint density at radius 2 is 2.11 bits per heavy atom. The number of rotatable bonds is 4. The molecule has 1 aromatic carbocycles. The number of nitrogens with zero attached hydrogens (tertiary/aromatic N) is 1. The highest BCUT2D eigenvalue weighted by molar-refractivity contribution is 9.10. The van der Waals surface area contributed by atoms with E-state index < -0.39 is 6.10 Å². The van der Waals surface area contributed by atoms with Crippen LogP contribution in [0, 0.1) is 5.92 Å². The highest BCUT2D eigenvalue weighted by atomic mass is 79.9. The van der Waals surface area contributed by atoms with Crippen molar-refractivity contribution in [1.82, 2.24) is 0 Å². The third kappa shape index (κ3) is 3.71. The molecule has 1 aromatic rings. The number of anilines is 1. The Morgan fingerprint density at radius 3 is 2.63 bits per heavy atom. The average molecular weight is 328 g/mol. The lowest BCUT2D eigenvalue weighted by atomic mass is 9.97. The maximum Gasteiger partial charge on any atom is 0.0772 e. The molecule has 1 unspecified atom stereocenters. The highest BCUT2D eigenvalue weighted by Crippen LogP contribution is 2.30. The van der Waals surface area contributed by atoms with Crippen LogP contribution in [-0.2, 0) is 4.74 Å². The number of hydrogen-bond acceptors (Lipinski definition) is 3. The first-order valence-corrected chi connectivity index (χ1v) is 7.62. The molecule has 0 aliphatic carbocycles. The Morgan fingerprint density at radius 1 is 1.42 bits per heavy atom. The van der Waals surface area contributed by atoms with Crippen LogP contribution in [0.5, 0.6) is 0 Å². The van der Waals surface area contributed by atoms with Gasteiger partial charge in [0, 0.05) is 37.0 Å². The van der Waals surface area contributed by atoms with Gasteiger partial charge in [0.2, 0.25) is 0 Å². The minimum atomic E-state index is -0.434. The fraction of sp³-hybridized carbons (Fsp3) is 0.600. The van der Waals surface area contributed by atoms with Crippen LogP contribution in [0.3, 0.4) is 0 Å². The fourth-order valence-corrected chi connectivity index (χ4v) is 3.34. The second-order valence-corrected chi connectivity index (χ2v) is 6.12. The van der Waals surface area contributed by atoms with Crippen LogP contribution in [0.1, 0.15) is 31.4 Å². The molecule has 0 radical (unpaired) electrons. The van der Waals surface area contributed by atoms with Gasteiger partial charge in [0.05, 0.1) is 6.10 Å². The van der Waals surface area contributed by atoms with Gasteiger partial charge in [-0.15, -0.1) is 0 Å². The van der Waals surface area contributed by atoms with Gasteiger partial charge in [-0.1, -0.05) is 22.0 Å². The molecule has 1 fully saturated rings. The topological polar surface area (TPSA) is 32.7 Å². The van der Waals surface area contributed by atoms with Gasteiger partial charge in [0.25, 0.3) is 0 Å². The molecule has 0 aromatic heterocycles. The van der Waals surface area contributed by atoms with E-state index in [1.165, 1.54) is 18.5 Å². The third-order valence-electron chi connectivity index (χ3n) is 3.82. The molecule has 1 aliphatic rings. The lowest BCUT2D eigenvalue weighted by Crippen LogP contribution is -2.35. The van der Waals surface area contributed by atoms with Gasteiger partial charge in [0.15, 0.2) is 0 Å². The van der Waals surface area contributed by atoms with E-state index in [4.69, 9.17) is 4.74 Å². The molecular weight excluding hydrogens is 306 g/mol. The molecule has 1 N–H and O–H groups in total. The molecule has 4 heteroatoms. The summed E-state index contributed by atoms with van der Waals surface area (Å²) in [5.41, 5.74) is 2.17. The number of piperidine rings is 1. The summed E-state index contributed by atoms with van der Waals surface area (Å²) in [6.45, 7) is 4.82. The molecule has 2 rings (SSSR count). The Bertz CT molecular complexity index is 415. The van der Waals surface area contributed by atoms with Crippen molar-refractivity contribution in [2.75, 3.05) is 31.7 Å². The highest BCUT2D eigenvalue weighted by Gasteiger charge is 2.20. The maximum absolute atomic E-state index is 9.64. The summed E-state index contributed by atoms with van der Waals surface area (Å²) in [4.78, 5) is 2.41. The SMILES string of the molecule is COCC1CCN(c2ccc(C(C)O)c(Br)c2)CC1. The van der Waals surface area contributed by atoms with Gasteiger partial charge in [-0.05, 0) is 43.4 Å². The number of aliphatic hydroxyl groups excluding tert-OH is 1. The van der Waals surface area contributed by atoms with Gasteiger partial charge in [-0.2, -0.15) is 0 Å². The standard InChI is InChI=1S/C15H22BrNO2/c1-11(18)14-4-3-13(9-15(14)16)17-7-5-12(6-8-17)10-19-2/h3-4,9,11-12,18H,5-8,10H2,1-2H3. The zero-order valence-electron chi connectivity index (χ0n) is 11.6. The summed E-state index contributed by atoms with van der Waals surface area (Å²) in [6.07, 6.45) is 1.93. The smallest absolute Gasteiger partial charge is 0.0772 e. The molecule has 0 saturated carbocycles. The Kier molecular flexibility index (Phi) is 5.25. The van der Waals surface area contributed by atoms with Crippen molar-refractivity contribution in [3.8, 4) is 0 Å². The monoisotopic (exact) mass is 327 g/mol. The number of ether oxygens (including phenoxy) is 1. The van der Waals surface area contributed by atoms with Gasteiger partial charge >= 0.3 is 0 Å². The first-order valence-electron chi connectivity index (χ1n) is 6.83. The second-order valence-electron chi connectivity index (χ2n) is 5.27. The number of halogens is 1. The number of aliphatic hydroxyl groups is 1. The van der Waals surface area contributed by atoms with Gasteiger partial charge in [-0.25, -0.2) is 0 Å². The summed E-state index contributed by atoms with van der Waals surface area (Å²) in [5, 5.41) is 9.64. The summed E-state index contributed by atoms with van der Waals surface area (Å²) in [6, 6.07) is 6.22. The normalized spacial score (nSPS) is 18.6. The molecule has 19 heavy (non-hydrogen) atoms. The lowest BCUT2D eigenvalue weighted by Gasteiger charge is -2.33. The molecule has 0 spiro atoms. The first-order chi connectivity index (χ1) is 9.11. The summed E-state index contributed by atoms with van der Waals surface area (Å²) in [7, 11) is 1.78. The van der Waals surface area contributed by atoms with E-state index >= 15 is 0 Å². The number of hydrogen-bond donors (Lipinski definition) is 1. The van der Waals surface area contributed by atoms with Gasteiger partial charge in [0.1, 0.15) is 0 Å². The third-order valence-corrected chi connectivity index (χ3v) is 4.50. The molecule has 1 aliphatic heterocycles. The van der Waals surface area contributed by atoms with Gasteiger partial charge < -0.3 is 14.7 Å². The van der Waals surface area contributed by atoms with Crippen LogP contribution < -0.4 is 4.90 Å². The molecule has 1 heterocycles. The molecule has 1 saturated heterocycles. The number of methoxy groups -OCH3 is 1. The second kappa shape index (κ2) is 6.73. The molecular formula is C15H22BrNO2. The zero-order valence-corrected chi connectivity index (χ0v) is 13.2.